The highest BCUT2D eigenvalue weighted by Crippen LogP contribution is 2.29. The van der Waals surface area contributed by atoms with Crippen molar-refractivity contribution >= 4 is 11.5 Å². The number of carbonyl (C=O) groups excluding carboxylic acids is 1. The number of hydrogen-bond acceptors (Lipinski definition) is 2. The molecule has 0 bridgehead atoms. The van der Waals surface area contributed by atoms with E-state index in [1.165, 1.54) is 11.3 Å². The standard InChI is InChI=1S/C17H25NO/c1-12-13(2)18(11-10-16(12)19)15-8-6-14(7-9-15)17(3,4)5/h6-9,12-13H,10-11H2,1-5H3. The van der Waals surface area contributed by atoms with Crippen molar-refractivity contribution in [3.8, 4) is 0 Å². The lowest BCUT2D eigenvalue weighted by Crippen LogP contribution is -2.46. The zero-order valence-corrected chi connectivity index (χ0v) is 12.7. The van der Waals surface area contributed by atoms with E-state index in [0.29, 0.717) is 18.2 Å². The van der Waals surface area contributed by atoms with Crippen LogP contribution in [0.3, 0.4) is 0 Å². The van der Waals surface area contributed by atoms with Gasteiger partial charge < -0.3 is 4.90 Å². The van der Waals surface area contributed by atoms with Crippen molar-refractivity contribution in [2.45, 2.75) is 52.5 Å². The number of Topliss-reactive ketones (excluding diaryl/α,β-unsaturated/α-hetero) is 1. The van der Waals surface area contributed by atoms with Crippen molar-refractivity contribution in [3.63, 3.8) is 0 Å². The number of benzene rings is 1. The van der Waals surface area contributed by atoms with E-state index in [0.717, 1.165) is 6.54 Å². The molecule has 104 valence electrons. The van der Waals surface area contributed by atoms with E-state index in [4.69, 9.17) is 0 Å². The van der Waals surface area contributed by atoms with E-state index in [2.05, 4.69) is 56.9 Å². The van der Waals surface area contributed by atoms with Crippen molar-refractivity contribution < 1.29 is 4.79 Å². The molecule has 1 saturated heterocycles. The Morgan fingerprint density at radius 1 is 1.11 bits per heavy atom. The minimum atomic E-state index is 0.135. The summed E-state index contributed by atoms with van der Waals surface area (Å²) in [5.74, 6) is 0.533. The molecule has 1 aromatic rings. The van der Waals surface area contributed by atoms with E-state index < -0.39 is 0 Å². The van der Waals surface area contributed by atoms with Crippen LogP contribution in [-0.2, 0) is 10.2 Å². The predicted molar refractivity (Wildman–Crippen MR) is 80.7 cm³/mol. The van der Waals surface area contributed by atoms with Gasteiger partial charge in [-0.1, -0.05) is 39.8 Å². The lowest BCUT2D eigenvalue weighted by Gasteiger charge is -2.39. The summed E-state index contributed by atoms with van der Waals surface area (Å²) >= 11 is 0. The average Bonchev–Trinajstić information content (AvgIpc) is 2.35. The molecular formula is C17H25NO. The normalized spacial score (nSPS) is 24.7. The Hall–Kier alpha value is -1.31. The summed E-state index contributed by atoms with van der Waals surface area (Å²) in [5, 5.41) is 0. The smallest absolute Gasteiger partial charge is 0.139 e. The third kappa shape index (κ3) is 2.83. The molecule has 1 aromatic carbocycles. The highest BCUT2D eigenvalue weighted by Gasteiger charge is 2.30. The molecule has 0 spiro atoms. The van der Waals surface area contributed by atoms with E-state index in [9.17, 15) is 4.79 Å². The zero-order valence-electron chi connectivity index (χ0n) is 12.7. The van der Waals surface area contributed by atoms with E-state index in [1.807, 2.05) is 6.92 Å². The molecule has 1 fully saturated rings. The molecular weight excluding hydrogens is 234 g/mol. The first-order valence-electron chi connectivity index (χ1n) is 7.20. The summed E-state index contributed by atoms with van der Waals surface area (Å²) in [6, 6.07) is 9.10. The summed E-state index contributed by atoms with van der Waals surface area (Å²) < 4.78 is 0. The lowest BCUT2D eigenvalue weighted by atomic mass is 9.86. The van der Waals surface area contributed by atoms with Crippen molar-refractivity contribution in [1.29, 1.82) is 0 Å². The SMILES string of the molecule is CC1C(=O)CCN(c2ccc(C(C)(C)C)cc2)C1C. The van der Waals surface area contributed by atoms with E-state index in [1.54, 1.807) is 0 Å². The second-order valence-electron chi connectivity index (χ2n) is 6.74. The molecule has 2 rings (SSSR count). The zero-order chi connectivity index (χ0) is 14.2. The van der Waals surface area contributed by atoms with Crippen LogP contribution >= 0.6 is 0 Å². The Bertz CT molecular complexity index is 455. The first-order chi connectivity index (χ1) is 8.80. The van der Waals surface area contributed by atoms with Crippen LogP contribution in [0.15, 0.2) is 24.3 Å². The van der Waals surface area contributed by atoms with Gasteiger partial charge in [-0.3, -0.25) is 4.79 Å². The minimum Gasteiger partial charge on any atom is -0.368 e. The molecule has 0 aliphatic carbocycles. The number of nitrogens with zero attached hydrogens (tertiary/aromatic N) is 1. The molecule has 0 radical (unpaired) electrons. The molecule has 2 heteroatoms. The average molecular weight is 259 g/mol. The van der Waals surface area contributed by atoms with Gasteiger partial charge in [-0.25, -0.2) is 0 Å². The molecule has 2 unspecified atom stereocenters. The number of ketones is 1. The third-order valence-electron chi connectivity index (χ3n) is 4.39. The maximum Gasteiger partial charge on any atom is 0.139 e. The number of rotatable bonds is 1. The number of carbonyl (C=O) groups is 1. The summed E-state index contributed by atoms with van der Waals surface area (Å²) in [6.45, 7) is 11.7. The number of hydrogen-bond donors (Lipinski definition) is 0. The summed E-state index contributed by atoms with van der Waals surface area (Å²) in [4.78, 5) is 14.1. The first-order valence-corrected chi connectivity index (χ1v) is 7.20. The van der Waals surface area contributed by atoms with Crippen LogP contribution in [0.1, 0.15) is 46.6 Å². The molecule has 1 heterocycles. The van der Waals surface area contributed by atoms with Gasteiger partial charge >= 0.3 is 0 Å². The number of anilines is 1. The van der Waals surface area contributed by atoms with Gasteiger partial charge in [0.05, 0.1) is 0 Å². The van der Waals surface area contributed by atoms with Gasteiger partial charge in [0.25, 0.3) is 0 Å². The Kier molecular flexibility index (Phi) is 3.71. The Balaban J connectivity index is 2.21. The molecule has 0 amide bonds. The molecule has 0 aromatic heterocycles. The van der Waals surface area contributed by atoms with Crippen LogP contribution in [0.4, 0.5) is 5.69 Å². The highest BCUT2D eigenvalue weighted by atomic mass is 16.1. The topological polar surface area (TPSA) is 20.3 Å². The fraction of sp³-hybridized carbons (Fsp3) is 0.588. The van der Waals surface area contributed by atoms with Gasteiger partial charge in [-0.2, -0.15) is 0 Å². The van der Waals surface area contributed by atoms with Gasteiger partial charge in [-0.15, -0.1) is 0 Å². The van der Waals surface area contributed by atoms with Crippen LogP contribution < -0.4 is 4.90 Å². The molecule has 1 aliphatic rings. The molecule has 2 nitrogen and oxygen atoms in total. The van der Waals surface area contributed by atoms with E-state index in [-0.39, 0.29) is 11.3 Å². The Labute approximate surface area is 116 Å². The van der Waals surface area contributed by atoms with Gasteiger partial charge in [0, 0.05) is 30.6 Å². The minimum absolute atomic E-state index is 0.135. The van der Waals surface area contributed by atoms with Crippen molar-refractivity contribution in [3.05, 3.63) is 29.8 Å². The molecule has 1 aliphatic heterocycles. The fourth-order valence-electron chi connectivity index (χ4n) is 2.72. The first kappa shape index (κ1) is 14.1. The predicted octanol–water partition coefficient (Wildman–Crippen LogP) is 3.79. The van der Waals surface area contributed by atoms with Crippen LogP contribution in [0, 0.1) is 5.92 Å². The van der Waals surface area contributed by atoms with Crippen molar-refractivity contribution in [2.24, 2.45) is 5.92 Å². The third-order valence-corrected chi connectivity index (χ3v) is 4.39. The van der Waals surface area contributed by atoms with E-state index >= 15 is 0 Å². The van der Waals surface area contributed by atoms with Crippen molar-refractivity contribution in [1.82, 2.24) is 0 Å². The quantitative estimate of drug-likeness (QED) is 0.765. The summed E-state index contributed by atoms with van der Waals surface area (Å²) in [7, 11) is 0. The molecule has 0 saturated carbocycles. The fourth-order valence-corrected chi connectivity index (χ4v) is 2.72. The van der Waals surface area contributed by atoms with Gasteiger partial charge in [0.15, 0.2) is 0 Å². The van der Waals surface area contributed by atoms with Crippen LogP contribution in [-0.4, -0.2) is 18.4 Å². The molecule has 0 N–H and O–H groups in total. The van der Waals surface area contributed by atoms with Crippen molar-refractivity contribution in [2.75, 3.05) is 11.4 Å². The summed E-state index contributed by atoms with van der Waals surface area (Å²) in [5.41, 5.74) is 2.78. The molecule has 19 heavy (non-hydrogen) atoms. The Morgan fingerprint density at radius 3 is 2.21 bits per heavy atom. The summed E-state index contributed by atoms with van der Waals surface area (Å²) in [6.07, 6.45) is 0.673. The highest BCUT2D eigenvalue weighted by molar-refractivity contribution is 5.84. The van der Waals surface area contributed by atoms with Gasteiger partial charge in [-0.05, 0) is 30.0 Å². The lowest BCUT2D eigenvalue weighted by molar-refractivity contribution is -0.123. The maximum absolute atomic E-state index is 11.7. The molecule has 2 atom stereocenters. The van der Waals surface area contributed by atoms with Crippen LogP contribution in [0.25, 0.3) is 0 Å². The largest absolute Gasteiger partial charge is 0.368 e. The monoisotopic (exact) mass is 259 g/mol. The van der Waals surface area contributed by atoms with Crippen LogP contribution in [0.5, 0.6) is 0 Å². The number of piperidine rings is 1. The van der Waals surface area contributed by atoms with Gasteiger partial charge in [0.1, 0.15) is 5.78 Å². The van der Waals surface area contributed by atoms with Crippen LogP contribution in [0.2, 0.25) is 0 Å². The Morgan fingerprint density at radius 2 is 1.68 bits per heavy atom. The maximum atomic E-state index is 11.7. The van der Waals surface area contributed by atoms with Gasteiger partial charge in [0.2, 0.25) is 0 Å². The second-order valence-corrected chi connectivity index (χ2v) is 6.74. The second kappa shape index (κ2) is 4.99.